The Hall–Kier alpha value is -3.23. The van der Waals surface area contributed by atoms with Gasteiger partial charge in [-0.3, -0.25) is 4.79 Å². The van der Waals surface area contributed by atoms with Crippen LogP contribution in [0.1, 0.15) is 15.4 Å². The third kappa shape index (κ3) is 4.05. The van der Waals surface area contributed by atoms with Gasteiger partial charge in [-0.2, -0.15) is 5.10 Å². The molecule has 6 nitrogen and oxygen atoms in total. The first-order valence-electron chi connectivity index (χ1n) is 8.89. The summed E-state index contributed by atoms with van der Waals surface area (Å²) in [7, 11) is 0. The quantitative estimate of drug-likeness (QED) is 0.441. The Kier molecular flexibility index (Phi) is 5.52. The molecule has 0 atom stereocenters. The minimum atomic E-state index is -0.673. The molecule has 1 N–H and O–H groups in total. The van der Waals surface area contributed by atoms with Crippen molar-refractivity contribution in [2.45, 2.75) is 6.92 Å². The molecule has 0 aliphatic rings. The van der Waals surface area contributed by atoms with E-state index in [1.165, 1.54) is 23.5 Å². The van der Waals surface area contributed by atoms with Crippen LogP contribution in [0.15, 0.2) is 54.6 Å². The summed E-state index contributed by atoms with van der Waals surface area (Å²) in [4.78, 5) is 25.6. The Morgan fingerprint density at radius 2 is 1.97 bits per heavy atom. The van der Waals surface area contributed by atoms with Crippen LogP contribution in [0, 0.1) is 12.7 Å². The van der Waals surface area contributed by atoms with E-state index in [9.17, 15) is 14.0 Å². The third-order valence-electron chi connectivity index (χ3n) is 4.29. The molecular weight excluding hydrogens is 429 g/mol. The number of esters is 1. The number of halogens is 2. The second-order valence-electron chi connectivity index (χ2n) is 6.41. The van der Waals surface area contributed by atoms with Crippen molar-refractivity contribution in [1.29, 1.82) is 0 Å². The lowest BCUT2D eigenvalue weighted by Crippen LogP contribution is -2.21. The number of hydrogen-bond donors (Lipinski definition) is 1. The van der Waals surface area contributed by atoms with Gasteiger partial charge in [-0.25, -0.2) is 13.9 Å². The van der Waals surface area contributed by atoms with Gasteiger partial charge in [-0.05, 0) is 43.3 Å². The van der Waals surface area contributed by atoms with E-state index in [1.54, 1.807) is 10.7 Å². The summed E-state index contributed by atoms with van der Waals surface area (Å²) < 4.78 is 20.6. The number of amides is 1. The van der Waals surface area contributed by atoms with Gasteiger partial charge in [0, 0.05) is 10.4 Å². The number of anilines is 1. The van der Waals surface area contributed by atoms with E-state index in [1.807, 2.05) is 37.3 Å². The molecule has 9 heteroatoms. The first kappa shape index (κ1) is 20.1. The Bertz CT molecular complexity index is 1250. The lowest BCUT2D eigenvalue weighted by molar-refractivity contribution is -0.119. The summed E-state index contributed by atoms with van der Waals surface area (Å²) in [6.07, 6.45) is 0. The molecule has 1 amide bonds. The number of rotatable bonds is 5. The molecule has 0 fully saturated rings. The summed E-state index contributed by atoms with van der Waals surface area (Å²) in [6.45, 7) is 1.32. The van der Waals surface area contributed by atoms with Crippen LogP contribution in [-0.4, -0.2) is 28.3 Å². The number of carbonyl (C=O) groups excluding carboxylic acids is 2. The number of aryl methyl sites for hydroxylation is 1. The molecule has 0 spiro atoms. The van der Waals surface area contributed by atoms with Crippen molar-refractivity contribution >= 4 is 50.7 Å². The van der Waals surface area contributed by atoms with E-state index in [2.05, 4.69) is 10.4 Å². The topological polar surface area (TPSA) is 73.2 Å². The molecule has 2 aromatic heterocycles. The predicted octanol–water partition coefficient (Wildman–Crippen LogP) is 4.98. The Morgan fingerprint density at radius 1 is 1.20 bits per heavy atom. The molecule has 4 rings (SSSR count). The number of hydrogen-bond acceptors (Lipinski definition) is 5. The number of nitrogens with one attached hydrogen (secondary N) is 1. The predicted molar refractivity (Wildman–Crippen MR) is 114 cm³/mol. The summed E-state index contributed by atoms with van der Waals surface area (Å²) in [5, 5.41) is 7.92. The van der Waals surface area contributed by atoms with Gasteiger partial charge in [0.2, 0.25) is 0 Å². The second kappa shape index (κ2) is 8.25. The lowest BCUT2D eigenvalue weighted by atomic mass is 10.3. The monoisotopic (exact) mass is 443 g/mol. The average molecular weight is 444 g/mol. The molecule has 0 aliphatic heterocycles. The smallest absolute Gasteiger partial charge is 0.348 e. The van der Waals surface area contributed by atoms with Crippen molar-refractivity contribution < 1.29 is 18.7 Å². The van der Waals surface area contributed by atoms with Crippen LogP contribution in [-0.2, 0) is 9.53 Å². The average Bonchev–Trinajstić information content (AvgIpc) is 3.30. The Balaban J connectivity index is 1.46. The maximum absolute atomic E-state index is 13.8. The summed E-state index contributed by atoms with van der Waals surface area (Å²) in [6, 6.07) is 15.1. The maximum atomic E-state index is 13.8. The van der Waals surface area contributed by atoms with E-state index in [4.69, 9.17) is 16.3 Å². The van der Waals surface area contributed by atoms with Crippen LogP contribution in [0.3, 0.4) is 0 Å². The molecule has 2 heterocycles. The standard InChI is InChI=1S/C21H15ClFN3O3S/c1-12-15-10-18(30-20(15)26(25-12)14-5-3-2-4-6-14)21(28)29-11-19(27)24-17-8-7-13(22)9-16(17)23/h2-10H,11H2,1H3,(H,24,27). The van der Waals surface area contributed by atoms with E-state index in [0.717, 1.165) is 27.7 Å². The van der Waals surface area contributed by atoms with Crippen molar-refractivity contribution in [3.8, 4) is 5.69 Å². The molecule has 2 aromatic carbocycles. The fraction of sp³-hybridized carbons (Fsp3) is 0.0952. The molecule has 0 radical (unpaired) electrons. The van der Waals surface area contributed by atoms with E-state index in [0.29, 0.717) is 4.88 Å². The van der Waals surface area contributed by atoms with Gasteiger partial charge in [0.1, 0.15) is 15.5 Å². The Morgan fingerprint density at radius 3 is 2.70 bits per heavy atom. The molecule has 0 saturated heterocycles. The Labute approximate surface area is 179 Å². The summed E-state index contributed by atoms with van der Waals surface area (Å²) >= 11 is 6.91. The van der Waals surface area contributed by atoms with E-state index < -0.39 is 24.3 Å². The normalized spacial score (nSPS) is 10.9. The third-order valence-corrected chi connectivity index (χ3v) is 5.61. The zero-order valence-corrected chi connectivity index (χ0v) is 17.3. The van der Waals surface area contributed by atoms with Crippen LogP contribution >= 0.6 is 22.9 Å². The number of fused-ring (bicyclic) bond motifs is 1. The van der Waals surface area contributed by atoms with Gasteiger partial charge < -0.3 is 10.1 Å². The van der Waals surface area contributed by atoms with Gasteiger partial charge in [0.15, 0.2) is 6.61 Å². The van der Waals surface area contributed by atoms with Crippen LogP contribution in [0.5, 0.6) is 0 Å². The van der Waals surface area contributed by atoms with Crippen LogP contribution in [0.4, 0.5) is 10.1 Å². The summed E-state index contributed by atoms with van der Waals surface area (Å²) in [5.41, 5.74) is 1.61. The molecule has 0 saturated carbocycles. The van der Waals surface area contributed by atoms with Gasteiger partial charge in [-0.1, -0.05) is 29.8 Å². The van der Waals surface area contributed by atoms with Gasteiger partial charge in [-0.15, -0.1) is 11.3 Å². The van der Waals surface area contributed by atoms with Crippen LogP contribution < -0.4 is 5.32 Å². The van der Waals surface area contributed by atoms with Crippen LogP contribution in [0.2, 0.25) is 5.02 Å². The minimum Gasteiger partial charge on any atom is -0.451 e. The van der Waals surface area contributed by atoms with Crippen molar-refractivity contribution in [2.24, 2.45) is 0 Å². The number of ether oxygens (including phenoxy) is 1. The zero-order valence-electron chi connectivity index (χ0n) is 15.7. The van der Waals surface area contributed by atoms with E-state index in [-0.39, 0.29) is 10.7 Å². The molecule has 0 bridgehead atoms. The van der Waals surface area contributed by atoms with Crippen molar-refractivity contribution in [3.05, 3.63) is 76.0 Å². The molecule has 0 aliphatic carbocycles. The number of nitrogens with zero attached hydrogens (tertiary/aromatic N) is 2. The number of thiophene rings is 1. The summed E-state index contributed by atoms with van der Waals surface area (Å²) in [5.74, 6) is -1.97. The first-order chi connectivity index (χ1) is 14.4. The number of aromatic nitrogens is 2. The van der Waals surface area contributed by atoms with Gasteiger partial charge >= 0.3 is 5.97 Å². The SMILES string of the molecule is Cc1nn(-c2ccccc2)c2sc(C(=O)OCC(=O)Nc3ccc(Cl)cc3F)cc12. The number of para-hydroxylation sites is 1. The lowest BCUT2D eigenvalue weighted by Gasteiger charge is -2.07. The maximum Gasteiger partial charge on any atom is 0.348 e. The number of carbonyl (C=O) groups is 2. The first-order valence-corrected chi connectivity index (χ1v) is 10.1. The highest BCUT2D eigenvalue weighted by Gasteiger charge is 2.19. The van der Waals surface area contributed by atoms with Crippen LogP contribution in [0.25, 0.3) is 15.9 Å². The number of benzene rings is 2. The van der Waals surface area contributed by atoms with Crippen molar-refractivity contribution in [2.75, 3.05) is 11.9 Å². The van der Waals surface area contributed by atoms with E-state index >= 15 is 0 Å². The fourth-order valence-electron chi connectivity index (χ4n) is 2.87. The second-order valence-corrected chi connectivity index (χ2v) is 7.88. The fourth-order valence-corrected chi connectivity index (χ4v) is 4.11. The minimum absolute atomic E-state index is 0.0408. The van der Waals surface area contributed by atoms with Gasteiger partial charge in [0.05, 0.1) is 17.1 Å². The largest absolute Gasteiger partial charge is 0.451 e. The van der Waals surface area contributed by atoms with Crippen molar-refractivity contribution in [1.82, 2.24) is 9.78 Å². The molecular formula is C21H15ClFN3O3S. The highest BCUT2D eigenvalue weighted by atomic mass is 35.5. The molecule has 0 unspecified atom stereocenters. The molecule has 30 heavy (non-hydrogen) atoms. The highest BCUT2D eigenvalue weighted by molar-refractivity contribution is 7.20. The molecule has 4 aromatic rings. The van der Waals surface area contributed by atoms with Crippen molar-refractivity contribution in [3.63, 3.8) is 0 Å². The van der Waals surface area contributed by atoms with Gasteiger partial charge in [0.25, 0.3) is 5.91 Å². The zero-order chi connectivity index (χ0) is 21.3. The highest BCUT2D eigenvalue weighted by Crippen LogP contribution is 2.30. The molecule has 152 valence electrons.